The van der Waals surface area contributed by atoms with Crippen LogP contribution in [0.2, 0.25) is 0 Å². The minimum Gasteiger partial charge on any atom is -0.370 e. The van der Waals surface area contributed by atoms with Crippen LogP contribution in [0.15, 0.2) is 23.3 Å². The third kappa shape index (κ3) is 6.07. The van der Waals surface area contributed by atoms with E-state index >= 15 is 0 Å². The Kier molecular flexibility index (Phi) is 8.41. The fraction of sp³-hybridized carbons (Fsp3) is 0.600. The fourth-order valence-electron chi connectivity index (χ4n) is 2.30. The molecule has 2 heterocycles. The number of anilines is 1. The monoisotopic (exact) mass is 403 g/mol. The van der Waals surface area contributed by atoms with Crippen LogP contribution < -0.4 is 16.0 Å². The summed E-state index contributed by atoms with van der Waals surface area (Å²) in [4.78, 5) is 11.1. The van der Waals surface area contributed by atoms with E-state index in [2.05, 4.69) is 33.2 Å². The molecule has 2 rings (SSSR count). The lowest BCUT2D eigenvalue weighted by atomic mass is 10.2. The highest BCUT2D eigenvalue weighted by Crippen LogP contribution is 2.18. The van der Waals surface area contributed by atoms with Crippen molar-refractivity contribution >= 4 is 35.8 Å². The molecular weight excluding hydrogens is 377 g/mol. The third-order valence-electron chi connectivity index (χ3n) is 3.51. The summed E-state index contributed by atoms with van der Waals surface area (Å²) in [5.74, 6) is 1.59. The first-order chi connectivity index (χ1) is 9.79. The van der Waals surface area contributed by atoms with Crippen LogP contribution in [0.1, 0.15) is 38.2 Å². The summed E-state index contributed by atoms with van der Waals surface area (Å²) in [5.41, 5.74) is 6.99. The molecule has 1 aromatic heterocycles. The first-order valence-corrected chi connectivity index (χ1v) is 7.53. The van der Waals surface area contributed by atoms with Crippen molar-refractivity contribution in [3.05, 3.63) is 23.9 Å². The second-order valence-electron chi connectivity index (χ2n) is 5.20. The van der Waals surface area contributed by atoms with Gasteiger partial charge in [0.2, 0.25) is 0 Å². The van der Waals surface area contributed by atoms with Crippen LogP contribution >= 0.6 is 24.0 Å². The number of nitrogens with zero attached hydrogens (tertiary/aromatic N) is 3. The fourth-order valence-corrected chi connectivity index (χ4v) is 2.30. The number of rotatable bonds is 6. The highest BCUT2D eigenvalue weighted by atomic mass is 127. The molecule has 1 saturated heterocycles. The molecule has 1 aromatic rings. The van der Waals surface area contributed by atoms with Crippen LogP contribution in [0.25, 0.3) is 0 Å². The molecule has 0 atom stereocenters. The summed E-state index contributed by atoms with van der Waals surface area (Å²) in [6.45, 7) is 5.88. The normalized spacial score (nSPS) is 14.9. The zero-order valence-electron chi connectivity index (χ0n) is 12.7. The minimum atomic E-state index is 0. The number of nitrogens with two attached hydrogens (primary N) is 1. The van der Waals surface area contributed by atoms with E-state index in [1.54, 1.807) is 0 Å². The first-order valence-electron chi connectivity index (χ1n) is 7.53. The molecule has 118 valence electrons. The smallest absolute Gasteiger partial charge is 0.188 e. The number of nitrogens with one attached hydrogen (secondary N) is 1. The van der Waals surface area contributed by atoms with Crippen LogP contribution in [0.5, 0.6) is 0 Å². The molecular formula is C15H26IN5. The average molecular weight is 403 g/mol. The van der Waals surface area contributed by atoms with E-state index in [-0.39, 0.29) is 24.0 Å². The van der Waals surface area contributed by atoms with Crippen molar-refractivity contribution in [1.82, 2.24) is 10.3 Å². The molecule has 0 aliphatic carbocycles. The Hall–Kier alpha value is -1.05. The lowest BCUT2D eigenvalue weighted by molar-refractivity contribution is 0.748. The SMILES string of the molecule is CCCCNC(N)=NCc1ccnc(N2CCCC2)c1.I. The molecule has 1 aliphatic heterocycles. The van der Waals surface area contributed by atoms with E-state index in [4.69, 9.17) is 5.73 Å². The number of halogens is 1. The first kappa shape index (κ1) is 18.0. The number of guanidine groups is 1. The maximum Gasteiger partial charge on any atom is 0.188 e. The molecule has 0 saturated carbocycles. The predicted octanol–water partition coefficient (Wildman–Crippen LogP) is 2.50. The number of hydrogen-bond acceptors (Lipinski definition) is 3. The lowest BCUT2D eigenvalue weighted by Gasteiger charge is -2.16. The molecule has 3 N–H and O–H groups in total. The number of aromatic nitrogens is 1. The van der Waals surface area contributed by atoms with Crippen LogP contribution in [-0.2, 0) is 6.54 Å². The molecule has 1 aliphatic rings. The van der Waals surface area contributed by atoms with Crippen LogP contribution in [0, 0.1) is 0 Å². The van der Waals surface area contributed by atoms with Crippen molar-refractivity contribution in [2.45, 2.75) is 39.2 Å². The van der Waals surface area contributed by atoms with E-state index in [1.807, 2.05) is 12.3 Å². The van der Waals surface area contributed by atoms with Crippen molar-refractivity contribution < 1.29 is 0 Å². The van der Waals surface area contributed by atoms with Gasteiger partial charge in [0.15, 0.2) is 5.96 Å². The highest BCUT2D eigenvalue weighted by molar-refractivity contribution is 14.0. The molecule has 0 bridgehead atoms. The van der Waals surface area contributed by atoms with Gasteiger partial charge in [-0.2, -0.15) is 0 Å². The van der Waals surface area contributed by atoms with E-state index in [1.165, 1.54) is 12.8 Å². The Morgan fingerprint density at radius 3 is 2.90 bits per heavy atom. The highest BCUT2D eigenvalue weighted by Gasteiger charge is 2.13. The Morgan fingerprint density at radius 2 is 2.19 bits per heavy atom. The largest absolute Gasteiger partial charge is 0.370 e. The van der Waals surface area contributed by atoms with Gasteiger partial charge in [-0.1, -0.05) is 13.3 Å². The van der Waals surface area contributed by atoms with Crippen molar-refractivity contribution in [3.63, 3.8) is 0 Å². The quantitative estimate of drug-likeness (QED) is 0.332. The van der Waals surface area contributed by atoms with Crippen molar-refractivity contribution in [2.24, 2.45) is 10.7 Å². The van der Waals surface area contributed by atoms with E-state index < -0.39 is 0 Å². The summed E-state index contributed by atoms with van der Waals surface area (Å²) in [7, 11) is 0. The Bertz CT molecular complexity index is 443. The summed E-state index contributed by atoms with van der Waals surface area (Å²) in [5, 5.41) is 3.13. The molecule has 0 aromatic carbocycles. The molecule has 1 fully saturated rings. The van der Waals surface area contributed by atoms with Crippen LogP contribution in [-0.4, -0.2) is 30.6 Å². The van der Waals surface area contributed by atoms with Crippen LogP contribution in [0.3, 0.4) is 0 Å². The van der Waals surface area contributed by atoms with E-state index in [0.717, 1.165) is 43.9 Å². The number of hydrogen-bond donors (Lipinski definition) is 2. The lowest BCUT2D eigenvalue weighted by Crippen LogP contribution is -2.32. The van der Waals surface area contributed by atoms with Crippen molar-refractivity contribution in [1.29, 1.82) is 0 Å². The maximum atomic E-state index is 5.84. The predicted molar refractivity (Wildman–Crippen MR) is 99.3 cm³/mol. The van der Waals surface area contributed by atoms with Gasteiger partial charge in [0.1, 0.15) is 5.82 Å². The van der Waals surface area contributed by atoms with Gasteiger partial charge in [0, 0.05) is 25.8 Å². The summed E-state index contributed by atoms with van der Waals surface area (Å²) >= 11 is 0. The average Bonchev–Trinajstić information content (AvgIpc) is 3.00. The Balaban J connectivity index is 0.00000220. The molecule has 0 radical (unpaired) electrons. The number of pyridine rings is 1. The molecule has 21 heavy (non-hydrogen) atoms. The number of aliphatic imine (C=N–C) groups is 1. The van der Waals surface area contributed by atoms with Gasteiger partial charge in [-0.3, -0.25) is 0 Å². The Labute approximate surface area is 144 Å². The zero-order valence-corrected chi connectivity index (χ0v) is 15.0. The summed E-state index contributed by atoms with van der Waals surface area (Å²) in [6, 6.07) is 4.12. The minimum absolute atomic E-state index is 0. The molecule has 5 nitrogen and oxygen atoms in total. The van der Waals surface area contributed by atoms with Gasteiger partial charge >= 0.3 is 0 Å². The van der Waals surface area contributed by atoms with Crippen molar-refractivity contribution in [3.8, 4) is 0 Å². The molecule has 6 heteroatoms. The standard InChI is InChI=1S/C15H25N5.HI/c1-2-3-7-18-15(16)19-12-13-6-8-17-14(11-13)20-9-4-5-10-20;/h6,8,11H,2-5,7,9-10,12H2,1H3,(H3,16,18,19);1H. The van der Waals surface area contributed by atoms with Gasteiger partial charge in [-0.25, -0.2) is 9.98 Å². The van der Waals surface area contributed by atoms with Crippen molar-refractivity contribution in [2.75, 3.05) is 24.5 Å². The van der Waals surface area contributed by atoms with Gasteiger partial charge in [-0.15, -0.1) is 24.0 Å². The van der Waals surface area contributed by atoms with Gasteiger partial charge < -0.3 is 16.0 Å². The van der Waals surface area contributed by atoms with Gasteiger partial charge in [0.25, 0.3) is 0 Å². The molecule has 0 spiro atoms. The Morgan fingerprint density at radius 1 is 1.43 bits per heavy atom. The van der Waals surface area contributed by atoms with Crippen LogP contribution in [0.4, 0.5) is 5.82 Å². The molecule has 0 unspecified atom stereocenters. The van der Waals surface area contributed by atoms with Gasteiger partial charge in [-0.05, 0) is 37.0 Å². The second kappa shape index (κ2) is 9.81. The topological polar surface area (TPSA) is 66.5 Å². The summed E-state index contributed by atoms with van der Waals surface area (Å²) < 4.78 is 0. The third-order valence-corrected chi connectivity index (χ3v) is 3.51. The summed E-state index contributed by atoms with van der Waals surface area (Å²) in [6.07, 6.45) is 6.66. The van der Waals surface area contributed by atoms with E-state index in [9.17, 15) is 0 Å². The molecule has 0 amide bonds. The number of unbranched alkanes of at least 4 members (excludes halogenated alkanes) is 1. The zero-order chi connectivity index (χ0) is 14.2. The second-order valence-corrected chi connectivity index (χ2v) is 5.20. The maximum absolute atomic E-state index is 5.84. The van der Waals surface area contributed by atoms with E-state index in [0.29, 0.717) is 12.5 Å². The van der Waals surface area contributed by atoms with Gasteiger partial charge in [0.05, 0.1) is 6.54 Å².